The summed E-state index contributed by atoms with van der Waals surface area (Å²) in [7, 11) is 0. The summed E-state index contributed by atoms with van der Waals surface area (Å²) in [4.78, 5) is 3.52. The molecule has 1 saturated carbocycles. The van der Waals surface area contributed by atoms with Crippen molar-refractivity contribution in [3.63, 3.8) is 0 Å². The van der Waals surface area contributed by atoms with Crippen LogP contribution in [0.5, 0.6) is 0 Å². The van der Waals surface area contributed by atoms with Gasteiger partial charge in [0.25, 0.3) is 0 Å². The van der Waals surface area contributed by atoms with Crippen LogP contribution in [0.25, 0.3) is 6.08 Å². The van der Waals surface area contributed by atoms with E-state index in [0.29, 0.717) is 5.92 Å². The van der Waals surface area contributed by atoms with Gasteiger partial charge in [-0.2, -0.15) is 13.2 Å². The largest absolute Gasteiger partial charge is 0.441 e. The van der Waals surface area contributed by atoms with Gasteiger partial charge in [-0.05, 0) is 24.8 Å². The number of oxazole rings is 1. The first kappa shape index (κ1) is 12.2. The molecule has 5 heteroatoms. The van der Waals surface area contributed by atoms with Crippen molar-refractivity contribution in [2.45, 2.75) is 38.8 Å². The molecular weight excluding hydrogens is 231 g/mol. The molecule has 1 heterocycles. The highest BCUT2D eigenvalue weighted by atomic mass is 19.4. The van der Waals surface area contributed by atoms with Gasteiger partial charge < -0.3 is 4.42 Å². The zero-order chi connectivity index (χ0) is 12.6. The fourth-order valence-corrected chi connectivity index (χ4v) is 1.52. The monoisotopic (exact) mass is 245 g/mol. The Morgan fingerprint density at radius 2 is 2.00 bits per heavy atom. The zero-order valence-electron chi connectivity index (χ0n) is 9.71. The van der Waals surface area contributed by atoms with E-state index in [9.17, 15) is 13.2 Å². The van der Waals surface area contributed by atoms with Crippen LogP contribution in [0.15, 0.2) is 10.5 Å². The average molecular weight is 245 g/mol. The van der Waals surface area contributed by atoms with Crippen LogP contribution < -0.4 is 0 Å². The van der Waals surface area contributed by atoms with E-state index in [-0.39, 0.29) is 17.6 Å². The Morgan fingerprint density at radius 1 is 1.35 bits per heavy atom. The summed E-state index contributed by atoms with van der Waals surface area (Å²) in [6, 6.07) is 0. The van der Waals surface area contributed by atoms with Gasteiger partial charge in [0.1, 0.15) is 5.76 Å². The number of aromatic nitrogens is 1. The molecule has 94 valence electrons. The van der Waals surface area contributed by atoms with E-state index in [2.05, 4.69) is 4.98 Å². The third-order valence-corrected chi connectivity index (χ3v) is 2.60. The maximum atomic E-state index is 12.7. The van der Waals surface area contributed by atoms with Gasteiger partial charge in [0.2, 0.25) is 5.89 Å². The fraction of sp³-hybridized carbons (Fsp3) is 0.583. The van der Waals surface area contributed by atoms with Gasteiger partial charge >= 0.3 is 6.18 Å². The summed E-state index contributed by atoms with van der Waals surface area (Å²) < 4.78 is 43.2. The number of rotatable bonds is 3. The van der Waals surface area contributed by atoms with Crippen LogP contribution in [0.2, 0.25) is 0 Å². The molecule has 1 aromatic heterocycles. The Morgan fingerprint density at radius 3 is 2.41 bits per heavy atom. The summed E-state index contributed by atoms with van der Waals surface area (Å²) in [6.45, 7) is 3.31. The molecule has 0 aromatic carbocycles. The standard InChI is InChI=1S/C12H14F3NO/c1-7(2)10-11(12(13,14)15)16-9(17-10)6-5-8-3-4-8/h5-8H,3-4H2,1-2H3/b6-5+. The molecule has 1 aliphatic carbocycles. The molecular formula is C12H14F3NO. The maximum absolute atomic E-state index is 12.7. The minimum absolute atomic E-state index is 0.0490. The molecule has 1 fully saturated rings. The number of hydrogen-bond acceptors (Lipinski definition) is 2. The summed E-state index contributed by atoms with van der Waals surface area (Å²) in [5.41, 5.74) is -0.900. The third kappa shape index (κ3) is 2.90. The highest BCUT2D eigenvalue weighted by Crippen LogP contribution is 2.36. The van der Waals surface area contributed by atoms with Crippen molar-refractivity contribution in [2.24, 2.45) is 5.92 Å². The van der Waals surface area contributed by atoms with E-state index in [1.54, 1.807) is 19.9 Å². The normalized spacial score (nSPS) is 17.3. The van der Waals surface area contributed by atoms with E-state index in [1.807, 2.05) is 6.08 Å². The Balaban J connectivity index is 2.29. The second-order valence-electron chi connectivity index (χ2n) is 4.61. The van der Waals surface area contributed by atoms with Crippen molar-refractivity contribution in [3.8, 4) is 0 Å². The summed E-state index contributed by atoms with van der Waals surface area (Å²) in [5.74, 6) is 0.113. The van der Waals surface area contributed by atoms with Crippen LogP contribution in [-0.4, -0.2) is 4.98 Å². The lowest BCUT2D eigenvalue weighted by Gasteiger charge is -2.06. The van der Waals surface area contributed by atoms with Gasteiger partial charge in [-0.3, -0.25) is 0 Å². The predicted molar refractivity (Wildman–Crippen MR) is 57.4 cm³/mol. The summed E-state index contributed by atoms with van der Waals surface area (Å²) in [5, 5.41) is 0. The average Bonchev–Trinajstić information content (AvgIpc) is 2.91. The van der Waals surface area contributed by atoms with Crippen molar-refractivity contribution in [3.05, 3.63) is 23.4 Å². The van der Waals surface area contributed by atoms with Crippen molar-refractivity contribution in [1.82, 2.24) is 4.98 Å². The Kier molecular flexibility index (Phi) is 3.02. The smallest absolute Gasteiger partial charge is 0.436 e. The van der Waals surface area contributed by atoms with Crippen LogP contribution >= 0.6 is 0 Å². The number of alkyl halides is 3. The van der Waals surface area contributed by atoms with Crippen molar-refractivity contribution < 1.29 is 17.6 Å². The summed E-state index contributed by atoms with van der Waals surface area (Å²) in [6.07, 6.45) is 1.14. The van der Waals surface area contributed by atoms with Crippen molar-refractivity contribution in [2.75, 3.05) is 0 Å². The van der Waals surface area contributed by atoms with E-state index in [1.165, 1.54) is 0 Å². The highest BCUT2D eigenvalue weighted by molar-refractivity contribution is 5.41. The van der Waals surface area contributed by atoms with Crippen LogP contribution in [0.4, 0.5) is 13.2 Å². The highest BCUT2D eigenvalue weighted by Gasteiger charge is 2.39. The van der Waals surface area contributed by atoms with Crippen LogP contribution in [0, 0.1) is 5.92 Å². The molecule has 0 unspecified atom stereocenters. The predicted octanol–water partition coefficient (Wildman–Crippen LogP) is 4.24. The van der Waals surface area contributed by atoms with Gasteiger partial charge in [0, 0.05) is 5.92 Å². The van der Waals surface area contributed by atoms with Gasteiger partial charge in [0.05, 0.1) is 0 Å². The molecule has 0 spiro atoms. The first-order valence-corrected chi connectivity index (χ1v) is 5.64. The van der Waals surface area contributed by atoms with E-state index in [4.69, 9.17) is 4.42 Å². The van der Waals surface area contributed by atoms with E-state index in [0.717, 1.165) is 12.8 Å². The molecule has 0 bridgehead atoms. The van der Waals surface area contributed by atoms with Crippen molar-refractivity contribution in [1.29, 1.82) is 0 Å². The molecule has 0 aliphatic heterocycles. The molecule has 0 N–H and O–H groups in total. The Labute approximate surface area is 97.5 Å². The lowest BCUT2D eigenvalue weighted by Crippen LogP contribution is -2.09. The minimum Gasteiger partial charge on any atom is -0.441 e. The van der Waals surface area contributed by atoms with Crippen LogP contribution in [-0.2, 0) is 6.18 Å². The molecule has 0 radical (unpaired) electrons. The van der Waals surface area contributed by atoms with Crippen LogP contribution in [0.1, 0.15) is 50.0 Å². The third-order valence-electron chi connectivity index (χ3n) is 2.60. The van der Waals surface area contributed by atoms with Gasteiger partial charge in [0.15, 0.2) is 5.69 Å². The van der Waals surface area contributed by atoms with Gasteiger partial charge in [-0.15, -0.1) is 0 Å². The van der Waals surface area contributed by atoms with Gasteiger partial charge in [-0.1, -0.05) is 19.9 Å². The lowest BCUT2D eigenvalue weighted by atomic mass is 10.1. The minimum atomic E-state index is -4.45. The molecule has 17 heavy (non-hydrogen) atoms. The van der Waals surface area contributed by atoms with Crippen molar-refractivity contribution >= 4 is 6.08 Å². The Hall–Kier alpha value is -1.26. The summed E-state index contributed by atoms with van der Waals surface area (Å²) >= 11 is 0. The number of nitrogens with zero attached hydrogens (tertiary/aromatic N) is 1. The first-order chi connectivity index (χ1) is 7.88. The Bertz CT molecular complexity index is 427. The molecule has 0 amide bonds. The molecule has 2 nitrogen and oxygen atoms in total. The second-order valence-corrected chi connectivity index (χ2v) is 4.61. The first-order valence-electron chi connectivity index (χ1n) is 5.64. The SMILES string of the molecule is CC(C)c1oc(/C=C/C2CC2)nc1C(F)(F)F. The topological polar surface area (TPSA) is 26.0 Å². The molecule has 1 aromatic rings. The van der Waals surface area contributed by atoms with Crippen LogP contribution in [0.3, 0.4) is 0 Å². The van der Waals surface area contributed by atoms with Gasteiger partial charge in [-0.25, -0.2) is 4.98 Å². The number of halogens is 3. The number of hydrogen-bond donors (Lipinski definition) is 0. The maximum Gasteiger partial charge on any atom is 0.436 e. The zero-order valence-corrected chi connectivity index (χ0v) is 9.71. The molecule has 0 saturated heterocycles. The number of allylic oxidation sites excluding steroid dienone is 1. The fourth-order valence-electron chi connectivity index (χ4n) is 1.52. The van der Waals surface area contributed by atoms with E-state index >= 15 is 0 Å². The molecule has 2 rings (SSSR count). The van der Waals surface area contributed by atoms with E-state index < -0.39 is 11.9 Å². The lowest BCUT2D eigenvalue weighted by molar-refractivity contribution is -0.142. The molecule has 1 aliphatic rings. The second kappa shape index (κ2) is 4.20. The molecule has 0 atom stereocenters. The quantitative estimate of drug-likeness (QED) is 0.796.